The van der Waals surface area contributed by atoms with Crippen LogP contribution >= 0.6 is 0 Å². The molecule has 2 fully saturated rings. The molecule has 14 heavy (non-hydrogen) atoms. The van der Waals surface area contributed by atoms with E-state index in [2.05, 4.69) is 29.4 Å². The minimum Gasteiger partial charge on any atom is -0.314 e. The molecule has 0 aromatic rings. The topological polar surface area (TPSA) is 27.3 Å². The van der Waals surface area contributed by atoms with Crippen LogP contribution < -0.4 is 10.6 Å². The zero-order valence-corrected chi connectivity index (χ0v) is 9.42. The van der Waals surface area contributed by atoms with E-state index in [4.69, 9.17) is 0 Å². The molecule has 0 aromatic heterocycles. The first-order chi connectivity index (χ1) is 6.75. The van der Waals surface area contributed by atoms with Crippen LogP contribution in [0.15, 0.2) is 0 Å². The summed E-state index contributed by atoms with van der Waals surface area (Å²) in [5, 5.41) is 6.92. The highest BCUT2D eigenvalue weighted by Gasteiger charge is 2.25. The van der Waals surface area contributed by atoms with Crippen LogP contribution in [0.3, 0.4) is 0 Å². The second-order valence-electron chi connectivity index (χ2n) is 5.01. The average molecular weight is 197 g/mol. The second kappa shape index (κ2) is 4.60. The zero-order chi connectivity index (χ0) is 9.97. The van der Waals surface area contributed by atoms with Crippen molar-refractivity contribution in [2.24, 2.45) is 5.92 Å². The van der Waals surface area contributed by atoms with Crippen LogP contribution in [0.2, 0.25) is 0 Å². The molecule has 2 heterocycles. The van der Waals surface area contributed by atoms with Crippen molar-refractivity contribution >= 4 is 0 Å². The summed E-state index contributed by atoms with van der Waals surface area (Å²) in [6, 6.07) is 1.48. The molecular formula is C11H23N3. The maximum Gasteiger partial charge on any atom is 0.0317 e. The second-order valence-corrected chi connectivity index (χ2v) is 5.01. The van der Waals surface area contributed by atoms with Gasteiger partial charge in [0.2, 0.25) is 0 Å². The number of nitrogens with zero attached hydrogens (tertiary/aromatic N) is 1. The molecule has 2 N–H and O–H groups in total. The van der Waals surface area contributed by atoms with Crippen LogP contribution in [-0.2, 0) is 0 Å². The lowest BCUT2D eigenvalue weighted by atomic mass is 10.1. The zero-order valence-electron chi connectivity index (χ0n) is 9.42. The van der Waals surface area contributed by atoms with Gasteiger partial charge in [-0.25, -0.2) is 0 Å². The molecule has 2 saturated heterocycles. The molecule has 82 valence electrons. The highest BCUT2D eigenvalue weighted by Crippen LogP contribution is 2.17. The van der Waals surface area contributed by atoms with E-state index in [1.807, 2.05) is 0 Å². The molecule has 1 unspecified atom stereocenters. The van der Waals surface area contributed by atoms with Gasteiger partial charge in [0, 0.05) is 31.7 Å². The molecule has 0 spiro atoms. The first-order valence-corrected chi connectivity index (χ1v) is 5.94. The van der Waals surface area contributed by atoms with Crippen LogP contribution in [0.4, 0.5) is 0 Å². The SMILES string of the molecule is CC(C)N1CCC(CNC2CNC2)C1. The van der Waals surface area contributed by atoms with Gasteiger partial charge in [-0.2, -0.15) is 0 Å². The maximum absolute atomic E-state index is 3.63. The predicted molar refractivity (Wildman–Crippen MR) is 59.5 cm³/mol. The van der Waals surface area contributed by atoms with Gasteiger partial charge >= 0.3 is 0 Å². The summed E-state index contributed by atoms with van der Waals surface area (Å²) >= 11 is 0. The standard InChI is InChI=1S/C11H23N3/c1-9(2)14-4-3-10(8-14)5-13-11-6-12-7-11/h9-13H,3-8H2,1-2H3. The Hall–Kier alpha value is -0.120. The summed E-state index contributed by atoms with van der Waals surface area (Å²) in [6.45, 7) is 10.7. The van der Waals surface area contributed by atoms with E-state index in [9.17, 15) is 0 Å². The molecule has 0 saturated carbocycles. The van der Waals surface area contributed by atoms with E-state index >= 15 is 0 Å². The third kappa shape index (κ3) is 2.47. The Morgan fingerprint density at radius 3 is 2.71 bits per heavy atom. The fraction of sp³-hybridized carbons (Fsp3) is 1.00. The van der Waals surface area contributed by atoms with Crippen molar-refractivity contribution in [2.75, 3.05) is 32.7 Å². The van der Waals surface area contributed by atoms with Gasteiger partial charge in [-0.05, 0) is 39.3 Å². The highest BCUT2D eigenvalue weighted by molar-refractivity contribution is 4.85. The molecule has 2 aliphatic heterocycles. The van der Waals surface area contributed by atoms with Crippen LogP contribution in [0.25, 0.3) is 0 Å². The summed E-state index contributed by atoms with van der Waals surface area (Å²) in [4.78, 5) is 2.59. The molecular weight excluding hydrogens is 174 g/mol. The van der Waals surface area contributed by atoms with Crippen molar-refractivity contribution in [1.82, 2.24) is 15.5 Å². The van der Waals surface area contributed by atoms with Gasteiger partial charge in [-0.1, -0.05) is 0 Å². The quantitative estimate of drug-likeness (QED) is 0.678. The van der Waals surface area contributed by atoms with Crippen LogP contribution in [-0.4, -0.2) is 49.7 Å². The minimum atomic E-state index is 0.727. The molecule has 0 bridgehead atoms. The minimum absolute atomic E-state index is 0.727. The lowest BCUT2D eigenvalue weighted by Gasteiger charge is -2.29. The summed E-state index contributed by atoms with van der Waals surface area (Å²) in [5.74, 6) is 0.887. The molecule has 3 heteroatoms. The Bertz CT molecular complexity index is 177. The van der Waals surface area contributed by atoms with Gasteiger partial charge in [0.1, 0.15) is 0 Å². The van der Waals surface area contributed by atoms with E-state index in [0.717, 1.165) is 18.0 Å². The summed E-state index contributed by atoms with van der Waals surface area (Å²) in [5.41, 5.74) is 0. The van der Waals surface area contributed by atoms with Crippen molar-refractivity contribution in [3.63, 3.8) is 0 Å². The van der Waals surface area contributed by atoms with Crippen LogP contribution in [0, 0.1) is 5.92 Å². The third-order valence-electron chi connectivity index (χ3n) is 3.52. The molecule has 2 rings (SSSR count). The molecule has 1 atom stereocenters. The molecule has 0 amide bonds. The highest BCUT2D eigenvalue weighted by atomic mass is 15.2. The average Bonchev–Trinajstić information content (AvgIpc) is 2.50. The molecule has 0 aliphatic carbocycles. The van der Waals surface area contributed by atoms with Crippen LogP contribution in [0.5, 0.6) is 0 Å². The van der Waals surface area contributed by atoms with Gasteiger partial charge in [0.15, 0.2) is 0 Å². The van der Waals surface area contributed by atoms with E-state index in [1.54, 1.807) is 0 Å². The van der Waals surface area contributed by atoms with Crippen molar-refractivity contribution < 1.29 is 0 Å². The van der Waals surface area contributed by atoms with E-state index < -0.39 is 0 Å². The van der Waals surface area contributed by atoms with Crippen molar-refractivity contribution in [3.05, 3.63) is 0 Å². The molecule has 3 nitrogen and oxygen atoms in total. The number of rotatable bonds is 4. The molecule has 0 radical (unpaired) electrons. The Morgan fingerprint density at radius 2 is 2.21 bits per heavy atom. The third-order valence-corrected chi connectivity index (χ3v) is 3.52. The Balaban J connectivity index is 1.62. The van der Waals surface area contributed by atoms with Crippen molar-refractivity contribution in [1.29, 1.82) is 0 Å². The Labute approximate surface area is 87.2 Å². The van der Waals surface area contributed by atoms with Gasteiger partial charge in [0.05, 0.1) is 0 Å². The van der Waals surface area contributed by atoms with Gasteiger partial charge in [0.25, 0.3) is 0 Å². The smallest absolute Gasteiger partial charge is 0.0317 e. The van der Waals surface area contributed by atoms with Crippen LogP contribution in [0.1, 0.15) is 20.3 Å². The molecule has 2 aliphatic rings. The Morgan fingerprint density at radius 1 is 1.43 bits per heavy atom. The lowest BCUT2D eigenvalue weighted by Crippen LogP contribution is -2.56. The van der Waals surface area contributed by atoms with E-state index in [-0.39, 0.29) is 0 Å². The summed E-state index contributed by atoms with van der Waals surface area (Å²) in [7, 11) is 0. The van der Waals surface area contributed by atoms with Gasteiger partial charge in [-0.3, -0.25) is 0 Å². The van der Waals surface area contributed by atoms with Gasteiger partial charge in [-0.15, -0.1) is 0 Å². The number of hydrogen-bond donors (Lipinski definition) is 2. The fourth-order valence-corrected chi connectivity index (χ4v) is 2.26. The van der Waals surface area contributed by atoms with E-state index in [1.165, 1.54) is 39.1 Å². The monoisotopic (exact) mass is 197 g/mol. The first kappa shape index (κ1) is 10.4. The molecule has 0 aromatic carbocycles. The van der Waals surface area contributed by atoms with Crippen molar-refractivity contribution in [3.8, 4) is 0 Å². The maximum atomic E-state index is 3.63. The largest absolute Gasteiger partial charge is 0.314 e. The number of hydrogen-bond acceptors (Lipinski definition) is 3. The normalized spacial score (nSPS) is 29.8. The predicted octanol–water partition coefficient (Wildman–Crippen LogP) is 0.278. The Kier molecular flexibility index (Phi) is 3.42. The fourth-order valence-electron chi connectivity index (χ4n) is 2.26. The summed E-state index contributed by atoms with van der Waals surface area (Å²) < 4.78 is 0. The van der Waals surface area contributed by atoms with Gasteiger partial charge < -0.3 is 15.5 Å². The number of likely N-dealkylation sites (tertiary alicyclic amines) is 1. The number of nitrogens with one attached hydrogen (secondary N) is 2. The van der Waals surface area contributed by atoms with Crippen molar-refractivity contribution in [2.45, 2.75) is 32.4 Å². The van der Waals surface area contributed by atoms with E-state index in [0.29, 0.717) is 0 Å². The first-order valence-electron chi connectivity index (χ1n) is 5.94. The summed E-state index contributed by atoms with van der Waals surface area (Å²) in [6.07, 6.45) is 1.38. The lowest BCUT2D eigenvalue weighted by molar-refractivity contribution is 0.259.